The number of aromatic nitrogens is 2. The lowest BCUT2D eigenvalue weighted by Gasteiger charge is -2.08. The molecule has 6 nitrogen and oxygen atoms in total. The number of amides is 1. The molecule has 0 radical (unpaired) electrons. The van der Waals surface area contributed by atoms with Gasteiger partial charge in [0.15, 0.2) is 0 Å². The van der Waals surface area contributed by atoms with E-state index < -0.39 is 0 Å². The van der Waals surface area contributed by atoms with Crippen LogP contribution in [0.4, 0.5) is 11.7 Å². The lowest BCUT2D eigenvalue weighted by Crippen LogP contribution is -2.13. The first-order valence-electron chi connectivity index (χ1n) is 6.62. The van der Waals surface area contributed by atoms with Gasteiger partial charge in [-0.05, 0) is 32.4 Å². The Bertz CT molecular complexity index is 607. The van der Waals surface area contributed by atoms with Crippen molar-refractivity contribution in [2.24, 2.45) is 0 Å². The fourth-order valence-corrected chi connectivity index (χ4v) is 1.78. The fourth-order valence-electron chi connectivity index (χ4n) is 1.78. The minimum Gasteiger partial charge on any atom is -0.370 e. The summed E-state index contributed by atoms with van der Waals surface area (Å²) in [5.41, 5.74) is 2.13. The second-order valence-corrected chi connectivity index (χ2v) is 4.40. The quantitative estimate of drug-likeness (QED) is 0.876. The number of hydrogen-bond acceptors (Lipinski definition) is 5. The molecule has 2 N–H and O–H groups in total. The highest BCUT2D eigenvalue weighted by molar-refractivity contribution is 6.04. The van der Waals surface area contributed by atoms with Crippen LogP contribution in [0.5, 0.6) is 0 Å². The number of anilines is 2. The van der Waals surface area contributed by atoms with E-state index in [1.54, 1.807) is 25.1 Å². The topological polar surface area (TPSA) is 80.0 Å². The van der Waals surface area contributed by atoms with Gasteiger partial charge in [0.2, 0.25) is 5.88 Å². The Kier molecular flexibility index (Phi) is 4.34. The van der Waals surface area contributed by atoms with Crippen LogP contribution in [0.2, 0.25) is 0 Å². The monoisotopic (exact) mass is 274 g/mol. The van der Waals surface area contributed by atoms with Crippen molar-refractivity contribution in [3.8, 4) is 0 Å². The largest absolute Gasteiger partial charge is 0.370 e. The van der Waals surface area contributed by atoms with Crippen LogP contribution in [0.15, 0.2) is 22.7 Å². The highest BCUT2D eigenvalue weighted by Crippen LogP contribution is 2.14. The molecule has 0 bridgehead atoms. The molecule has 0 atom stereocenters. The molecular formula is C14H18N4O2. The maximum absolute atomic E-state index is 12.2. The second-order valence-electron chi connectivity index (χ2n) is 4.40. The van der Waals surface area contributed by atoms with Crippen LogP contribution in [0.3, 0.4) is 0 Å². The Labute approximate surface area is 117 Å². The molecule has 2 aromatic heterocycles. The van der Waals surface area contributed by atoms with Gasteiger partial charge >= 0.3 is 0 Å². The number of pyridine rings is 1. The zero-order valence-electron chi connectivity index (χ0n) is 11.9. The van der Waals surface area contributed by atoms with Gasteiger partial charge in [0.1, 0.15) is 5.82 Å². The maximum Gasteiger partial charge on any atom is 0.258 e. The van der Waals surface area contributed by atoms with E-state index in [1.165, 1.54) is 0 Å². The van der Waals surface area contributed by atoms with Gasteiger partial charge < -0.3 is 9.84 Å². The molecule has 0 saturated carbocycles. The van der Waals surface area contributed by atoms with E-state index in [1.807, 2.05) is 13.8 Å². The Balaban J connectivity index is 2.21. The molecule has 2 aromatic rings. The number of rotatable bonds is 5. The fraction of sp³-hybridized carbons (Fsp3) is 0.357. The van der Waals surface area contributed by atoms with Crippen molar-refractivity contribution >= 4 is 17.6 Å². The average molecular weight is 274 g/mol. The van der Waals surface area contributed by atoms with Gasteiger partial charge in [0, 0.05) is 23.9 Å². The summed E-state index contributed by atoms with van der Waals surface area (Å²) in [5.74, 6) is 0.801. The van der Waals surface area contributed by atoms with E-state index in [-0.39, 0.29) is 5.91 Å². The van der Waals surface area contributed by atoms with Crippen LogP contribution < -0.4 is 10.6 Å². The van der Waals surface area contributed by atoms with Crippen molar-refractivity contribution in [1.82, 2.24) is 10.1 Å². The van der Waals surface area contributed by atoms with Gasteiger partial charge in [-0.1, -0.05) is 12.1 Å². The molecule has 6 heteroatoms. The van der Waals surface area contributed by atoms with Crippen molar-refractivity contribution in [2.45, 2.75) is 27.2 Å². The highest BCUT2D eigenvalue weighted by Gasteiger charge is 2.12. The van der Waals surface area contributed by atoms with Crippen molar-refractivity contribution < 1.29 is 9.32 Å². The molecule has 0 aliphatic heterocycles. The maximum atomic E-state index is 12.2. The summed E-state index contributed by atoms with van der Waals surface area (Å²) in [6, 6.07) is 5.17. The SMILES string of the molecule is CCNc1cc(C(=O)Nc2cc(C)no2)cc(CC)n1. The van der Waals surface area contributed by atoms with Crippen LogP contribution in [-0.2, 0) is 6.42 Å². The standard InChI is InChI=1S/C14H18N4O2/c1-4-11-7-10(8-12(16-11)15-5-2)14(19)17-13-6-9(3)18-20-13/h6-8H,4-5H2,1-3H3,(H,15,16)(H,17,19). The Morgan fingerprint density at radius 3 is 2.70 bits per heavy atom. The normalized spacial score (nSPS) is 10.3. The van der Waals surface area contributed by atoms with Crippen LogP contribution in [0.1, 0.15) is 35.6 Å². The summed E-state index contributed by atoms with van der Waals surface area (Å²) >= 11 is 0. The molecule has 1 amide bonds. The molecule has 0 unspecified atom stereocenters. The smallest absolute Gasteiger partial charge is 0.258 e. The molecule has 0 spiro atoms. The van der Waals surface area contributed by atoms with Crippen LogP contribution in [-0.4, -0.2) is 22.6 Å². The van der Waals surface area contributed by atoms with E-state index in [0.717, 1.165) is 24.4 Å². The van der Waals surface area contributed by atoms with E-state index in [4.69, 9.17) is 4.52 Å². The molecule has 20 heavy (non-hydrogen) atoms. The molecule has 0 aliphatic rings. The summed E-state index contributed by atoms with van der Waals surface area (Å²) < 4.78 is 4.98. The molecule has 2 rings (SSSR count). The van der Waals surface area contributed by atoms with Gasteiger partial charge in [-0.15, -0.1) is 0 Å². The first-order valence-corrected chi connectivity index (χ1v) is 6.62. The van der Waals surface area contributed by atoms with Crippen molar-refractivity contribution in [1.29, 1.82) is 0 Å². The van der Waals surface area contributed by atoms with Crippen LogP contribution >= 0.6 is 0 Å². The minimum absolute atomic E-state index is 0.239. The number of aryl methyl sites for hydroxylation is 2. The van der Waals surface area contributed by atoms with E-state index >= 15 is 0 Å². The van der Waals surface area contributed by atoms with E-state index in [9.17, 15) is 4.79 Å². The number of nitrogens with one attached hydrogen (secondary N) is 2. The third-order valence-corrected chi connectivity index (χ3v) is 2.73. The number of carbonyl (C=O) groups excluding carboxylic acids is 1. The van der Waals surface area contributed by atoms with Crippen molar-refractivity contribution in [2.75, 3.05) is 17.2 Å². The number of carbonyl (C=O) groups is 1. The average Bonchev–Trinajstić information content (AvgIpc) is 2.84. The van der Waals surface area contributed by atoms with E-state index in [2.05, 4.69) is 20.8 Å². The van der Waals surface area contributed by atoms with Crippen molar-refractivity contribution in [3.05, 3.63) is 35.2 Å². The van der Waals surface area contributed by atoms with Crippen molar-refractivity contribution in [3.63, 3.8) is 0 Å². The second kappa shape index (κ2) is 6.18. The lowest BCUT2D eigenvalue weighted by atomic mass is 10.2. The zero-order valence-corrected chi connectivity index (χ0v) is 11.9. The molecule has 0 aliphatic carbocycles. The van der Waals surface area contributed by atoms with Gasteiger partial charge in [-0.25, -0.2) is 4.98 Å². The Hall–Kier alpha value is -2.37. The molecule has 2 heterocycles. The lowest BCUT2D eigenvalue weighted by molar-refractivity contribution is 0.102. The first kappa shape index (κ1) is 14.0. The molecule has 0 saturated heterocycles. The summed E-state index contributed by atoms with van der Waals surface area (Å²) in [5, 5.41) is 9.52. The predicted molar refractivity (Wildman–Crippen MR) is 77.0 cm³/mol. The van der Waals surface area contributed by atoms with Gasteiger partial charge in [-0.2, -0.15) is 0 Å². The van der Waals surface area contributed by atoms with E-state index in [0.29, 0.717) is 17.3 Å². The predicted octanol–water partition coefficient (Wildman–Crippen LogP) is 2.62. The molecule has 0 aromatic carbocycles. The Morgan fingerprint density at radius 1 is 1.30 bits per heavy atom. The molecule has 106 valence electrons. The van der Waals surface area contributed by atoms with Gasteiger partial charge in [-0.3, -0.25) is 10.1 Å². The first-order chi connectivity index (χ1) is 9.62. The number of nitrogens with zero attached hydrogens (tertiary/aromatic N) is 2. The Morgan fingerprint density at radius 2 is 2.10 bits per heavy atom. The minimum atomic E-state index is -0.239. The molecule has 0 fully saturated rings. The summed E-state index contributed by atoms with van der Waals surface area (Å²) in [7, 11) is 0. The summed E-state index contributed by atoms with van der Waals surface area (Å²) in [6.45, 7) is 6.53. The number of hydrogen-bond donors (Lipinski definition) is 2. The highest BCUT2D eigenvalue weighted by atomic mass is 16.5. The third-order valence-electron chi connectivity index (χ3n) is 2.73. The van der Waals surface area contributed by atoms with Gasteiger partial charge in [0.25, 0.3) is 5.91 Å². The molecular weight excluding hydrogens is 256 g/mol. The van der Waals surface area contributed by atoms with Gasteiger partial charge in [0.05, 0.1) is 5.69 Å². The zero-order chi connectivity index (χ0) is 14.5. The third kappa shape index (κ3) is 3.34. The summed E-state index contributed by atoms with van der Waals surface area (Å²) in [6.07, 6.45) is 0.765. The van der Waals surface area contributed by atoms with Crippen LogP contribution in [0, 0.1) is 6.92 Å². The van der Waals surface area contributed by atoms with Crippen LogP contribution in [0.25, 0.3) is 0 Å². The summed E-state index contributed by atoms with van der Waals surface area (Å²) in [4.78, 5) is 16.6.